The SMILES string of the molecule is O[C@@H](COc1ccc2ccccc2c1)C[NH+]1CCN(c2ccc(F)cc2)CC1. The Morgan fingerprint density at radius 3 is 2.43 bits per heavy atom. The van der Waals surface area contributed by atoms with Crippen LogP contribution in [0.2, 0.25) is 0 Å². The highest BCUT2D eigenvalue weighted by Crippen LogP contribution is 2.20. The molecule has 0 unspecified atom stereocenters. The van der Waals surface area contributed by atoms with E-state index in [4.69, 9.17) is 4.74 Å². The molecule has 0 spiro atoms. The number of halogens is 1. The average molecular weight is 381 g/mol. The number of benzene rings is 3. The molecule has 0 radical (unpaired) electrons. The summed E-state index contributed by atoms with van der Waals surface area (Å²) in [6.07, 6.45) is -0.501. The van der Waals surface area contributed by atoms with E-state index in [1.165, 1.54) is 22.4 Å². The number of hydrogen-bond donors (Lipinski definition) is 2. The number of piperazine rings is 1. The first-order valence-corrected chi connectivity index (χ1v) is 9.81. The summed E-state index contributed by atoms with van der Waals surface area (Å²) in [5.41, 5.74) is 1.06. The number of fused-ring (bicyclic) bond motifs is 1. The van der Waals surface area contributed by atoms with Crippen LogP contribution in [0.5, 0.6) is 5.75 Å². The molecule has 1 atom stereocenters. The van der Waals surface area contributed by atoms with Gasteiger partial charge in [-0.1, -0.05) is 30.3 Å². The van der Waals surface area contributed by atoms with E-state index in [-0.39, 0.29) is 5.82 Å². The summed E-state index contributed by atoms with van der Waals surface area (Å²) in [5.74, 6) is 0.580. The van der Waals surface area contributed by atoms with Crippen LogP contribution in [0.3, 0.4) is 0 Å². The quantitative estimate of drug-likeness (QED) is 0.687. The van der Waals surface area contributed by atoms with Crippen LogP contribution in [0, 0.1) is 5.82 Å². The molecule has 28 heavy (non-hydrogen) atoms. The highest BCUT2D eigenvalue weighted by molar-refractivity contribution is 5.83. The van der Waals surface area contributed by atoms with E-state index in [0.717, 1.165) is 43.0 Å². The minimum absolute atomic E-state index is 0.206. The van der Waals surface area contributed by atoms with Crippen molar-refractivity contribution in [1.29, 1.82) is 0 Å². The lowest BCUT2D eigenvalue weighted by Crippen LogP contribution is -3.16. The molecule has 146 valence electrons. The second kappa shape index (κ2) is 8.59. The monoisotopic (exact) mass is 381 g/mol. The first-order valence-electron chi connectivity index (χ1n) is 9.81. The zero-order valence-electron chi connectivity index (χ0n) is 15.9. The summed E-state index contributed by atoms with van der Waals surface area (Å²) in [4.78, 5) is 3.63. The van der Waals surface area contributed by atoms with Crippen molar-refractivity contribution in [1.82, 2.24) is 0 Å². The van der Waals surface area contributed by atoms with Crippen LogP contribution in [0.15, 0.2) is 66.7 Å². The van der Waals surface area contributed by atoms with Crippen LogP contribution in [-0.2, 0) is 0 Å². The molecule has 1 fully saturated rings. The summed E-state index contributed by atoms with van der Waals surface area (Å²) in [7, 11) is 0. The van der Waals surface area contributed by atoms with Crippen LogP contribution in [0.25, 0.3) is 10.8 Å². The minimum Gasteiger partial charge on any atom is -0.491 e. The Bertz CT molecular complexity index is 908. The molecule has 0 bridgehead atoms. The van der Waals surface area contributed by atoms with Crippen LogP contribution >= 0.6 is 0 Å². The number of aliphatic hydroxyl groups is 1. The van der Waals surface area contributed by atoms with Gasteiger partial charge in [-0.05, 0) is 47.2 Å². The molecular formula is C23H26FN2O2+. The van der Waals surface area contributed by atoms with E-state index in [0.29, 0.717) is 13.2 Å². The summed E-state index contributed by atoms with van der Waals surface area (Å²) >= 11 is 0. The summed E-state index contributed by atoms with van der Waals surface area (Å²) in [6.45, 7) is 4.67. The van der Waals surface area contributed by atoms with Crippen molar-refractivity contribution < 1.29 is 19.1 Å². The van der Waals surface area contributed by atoms with Gasteiger partial charge >= 0.3 is 0 Å². The zero-order chi connectivity index (χ0) is 19.3. The number of aliphatic hydroxyl groups excluding tert-OH is 1. The Labute approximate surface area is 164 Å². The standard InChI is InChI=1S/C23H25FN2O2/c24-20-6-8-21(9-7-20)26-13-11-25(12-14-26)16-22(27)17-28-23-10-5-18-3-1-2-4-19(18)15-23/h1-10,15,22,27H,11-14,16-17H2/p+1/t22-/m1/s1. The molecule has 0 aromatic heterocycles. The molecule has 3 aromatic carbocycles. The predicted molar refractivity (Wildman–Crippen MR) is 110 cm³/mol. The number of quaternary nitrogens is 1. The summed E-state index contributed by atoms with van der Waals surface area (Å²) in [6, 6.07) is 20.8. The highest BCUT2D eigenvalue weighted by atomic mass is 19.1. The van der Waals surface area contributed by atoms with Crippen molar-refractivity contribution in [2.45, 2.75) is 6.10 Å². The van der Waals surface area contributed by atoms with Crippen molar-refractivity contribution >= 4 is 16.5 Å². The topological polar surface area (TPSA) is 37.1 Å². The van der Waals surface area contributed by atoms with Crippen LogP contribution in [-0.4, -0.2) is 50.5 Å². The van der Waals surface area contributed by atoms with Crippen molar-refractivity contribution in [3.05, 3.63) is 72.5 Å². The molecule has 4 rings (SSSR count). The number of hydrogen-bond acceptors (Lipinski definition) is 3. The number of nitrogens with one attached hydrogen (secondary N) is 1. The molecule has 0 saturated carbocycles. The number of nitrogens with zero attached hydrogens (tertiary/aromatic N) is 1. The van der Waals surface area contributed by atoms with Gasteiger partial charge in [0.05, 0.1) is 26.2 Å². The van der Waals surface area contributed by atoms with Gasteiger partial charge in [0.15, 0.2) is 0 Å². The van der Waals surface area contributed by atoms with Gasteiger partial charge in [0.25, 0.3) is 0 Å². The molecule has 0 aliphatic carbocycles. The van der Waals surface area contributed by atoms with E-state index in [9.17, 15) is 9.50 Å². The van der Waals surface area contributed by atoms with Gasteiger partial charge in [-0.3, -0.25) is 0 Å². The second-order valence-electron chi connectivity index (χ2n) is 7.39. The third-order valence-electron chi connectivity index (χ3n) is 5.35. The summed E-state index contributed by atoms with van der Waals surface area (Å²) in [5, 5.41) is 12.7. The van der Waals surface area contributed by atoms with Crippen molar-refractivity contribution in [3.63, 3.8) is 0 Å². The van der Waals surface area contributed by atoms with Gasteiger partial charge in [-0.15, -0.1) is 0 Å². The Morgan fingerprint density at radius 1 is 0.964 bits per heavy atom. The molecule has 1 aliphatic heterocycles. The summed E-state index contributed by atoms with van der Waals surface area (Å²) < 4.78 is 18.9. The first-order chi connectivity index (χ1) is 13.7. The Balaban J connectivity index is 1.24. The first kappa shape index (κ1) is 18.7. The van der Waals surface area contributed by atoms with Crippen LogP contribution in [0.1, 0.15) is 0 Å². The second-order valence-corrected chi connectivity index (χ2v) is 7.39. The fraction of sp³-hybridized carbons (Fsp3) is 0.304. The average Bonchev–Trinajstić information content (AvgIpc) is 2.73. The van der Waals surface area contributed by atoms with E-state index in [1.807, 2.05) is 42.5 Å². The van der Waals surface area contributed by atoms with Crippen LogP contribution in [0.4, 0.5) is 10.1 Å². The lowest BCUT2D eigenvalue weighted by atomic mass is 10.1. The number of anilines is 1. The Morgan fingerprint density at radius 2 is 1.68 bits per heavy atom. The maximum Gasteiger partial charge on any atom is 0.137 e. The maximum absolute atomic E-state index is 13.1. The van der Waals surface area contributed by atoms with Gasteiger partial charge < -0.3 is 19.6 Å². The van der Waals surface area contributed by atoms with E-state index in [2.05, 4.69) is 17.0 Å². The lowest BCUT2D eigenvalue weighted by molar-refractivity contribution is -0.903. The smallest absolute Gasteiger partial charge is 0.137 e. The van der Waals surface area contributed by atoms with E-state index >= 15 is 0 Å². The Kier molecular flexibility index (Phi) is 5.74. The fourth-order valence-electron chi connectivity index (χ4n) is 3.78. The van der Waals surface area contributed by atoms with Crippen molar-refractivity contribution in [2.75, 3.05) is 44.2 Å². The van der Waals surface area contributed by atoms with Crippen molar-refractivity contribution in [2.24, 2.45) is 0 Å². The van der Waals surface area contributed by atoms with Gasteiger partial charge in [0.1, 0.15) is 30.8 Å². The van der Waals surface area contributed by atoms with Crippen LogP contribution < -0.4 is 14.5 Å². The third kappa shape index (κ3) is 4.61. The molecular weight excluding hydrogens is 355 g/mol. The largest absolute Gasteiger partial charge is 0.491 e. The number of ether oxygens (including phenoxy) is 1. The van der Waals surface area contributed by atoms with Gasteiger partial charge in [0.2, 0.25) is 0 Å². The van der Waals surface area contributed by atoms with Gasteiger partial charge in [-0.2, -0.15) is 0 Å². The molecule has 3 aromatic rings. The molecule has 0 amide bonds. The normalized spacial score (nSPS) is 16.3. The van der Waals surface area contributed by atoms with Gasteiger partial charge in [-0.25, -0.2) is 4.39 Å². The maximum atomic E-state index is 13.1. The fourth-order valence-corrected chi connectivity index (χ4v) is 3.78. The van der Waals surface area contributed by atoms with E-state index < -0.39 is 6.10 Å². The minimum atomic E-state index is -0.501. The molecule has 5 heteroatoms. The predicted octanol–water partition coefficient (Wildman–Crippen LogP) is 2.12. The van der Waals surface area contributed by atoms with Gasteiger partial charge in [0, 0.05) is 5.69 Å². The lowest BCUT2D eigenvalue weighted by Gasteiger charge is -2.34. The zero-order valence-corrected chi connectivity index (χ0v) is 15.9. The van der Waals surface area contributed by atoms with E-state index in [1.54, 1.807) is 0 Å². The number of rotatable bonds is 6. The Hall–Kier alpha value is -2.63. The van der Waals surface area contributed by atoms with Crippen molar-refractivity contribution in [3.8, 4) is 5.75 Å². The molecule has 2 N–H and O–H groups in total. The molecule has 1 aliphatic rings. The third-order valence-corrected chi connectivity index (χ3v) is 5.35. The molecule has 1 saturated heterocycles. The molecule has 4 nitrogen and oxygen atoms in total. The highest BCUT2D eigenvalue weighted by Gasteiger charge is 2.23. The molecule has 1 heterocycles.